The van der Waals surface area contributed by atoms with Crippen LogP contribution in [0.4, 0.5) is 8.78 Å². The summed E-state index contributed by atoms with van der Waals surface area (Å²) >= 11 is 0. The number of rotatable bonds is 6. The number of nitriles is 1. The Morgan fingerprint density at radius 1 is 0.980 bits per heavy atom. The SMILES string of the molecule is CC(=O)N1CC[C@H]2CC[C@@H](C(=O)N3C[C@H](c4cc[nH]c(=O)c4)[C@@H](C#N)C3)N2C(=O)[C@@H](NC(=O)c2ccc3ccc(C(F)(F)P(=O)(O)O)cc3c2)C1. The maximum Gasteiger partial charge on any atom is 0.399 e. The van der Waals surface area contributed by atoms with Crippen LogP contribution in [0.5, 0.6) is 0 Å². The molecule has 2 aromatic carbocycles. The second-order valence-corrected chi connectivity index (χ2v) is 14.9. The van der Waals surface area contributed by atoms with E-state index in [9.17, 15) is 52.4 Å². The van der Waals surface area contributed by atoms with Gasteiger partial charge in [0, 0.05) is 68.5 Å². The average molecular weight is 725 g/mol. The number of nitrogens with zero attached hydrogens (tertiary/aromatic N) is 4. The van der Waals surface area contributed by atoms with Gasteiger partial charge in [-0.25, -0.2) is 0 Å². The van der Waals surface area contributed by atoms with Crippen molar-refractivity contribution >= 4 is 42.0 Å². The molecule has 0 spiro atoms. The van der Waals surface area contributed by atoms with E-state index in [-0.39, 0.29) is 54.5 Å². The molecule has 3 fully saturated rings. The summed E-state index contributed by atoms with van der Waals surface area (Å²) in [6.45, 7) is 1.69. The average Bonchev–Trinajstić information content (AvgIpc) is 3.72. The van der Waals surface area contributed by atoms with Crippen LogP contribution in [0.1, 0.15) is 53.6 Å². The van der Waals surface area contributed by atoms with Crippen molar-refractivity contribution in [1.82, 2.24) is 25.0 Å². The number of carbonyl (C=O) groups excluding carboxylic acids is 4. The van der Waals surface area contributed by atoms with Crippen molar-refractivity contribution in [3.8, 4) is 6.07 Å². The van der Waals surface area contributed by atoms with Crippen LogP contribution in [0.2, 0.25) is 0 Å². The van der Waals surface area contributed by atoms with Crippen molar-refractivity contribution in [3.63, 3.8) is 0 Å². The largest absolute Gasteiger partial charge is 0.399 e. The number of H-pyrrole nitrogens is 1. The first-order chi connectivity index (χ1) is 24.1. The van der Waals surface area contributed by atoms with Gasteiger partial charge in [0.25, 0.3) is 5.91 Å². The number of aromatic nitrogens is 1. The zero-order valence-corrected chi connectivity index (χ0v) is 28.3. The van der Waals surface area contributed by atoms with Crippen molar-refractivity contribution < 1.29 is 42.3 Å². The molecule has 4 heterocycles. The summed E-state index contributed by atoms with van der Waals surface area (Å²) in [5.74, 6) is -3.02. The minimum Gasteiger partial charge on any atom is -0.340 e. The molecule has 0 saturated carbocycles. The summed E-state index contributed by atoms with van der Waals surface area (Å²) in [7, 11) is -5.85. The van der Waals surface area contributed by atoms with Crippen LogP contribution < -0.4 is 10.9 Å². The Kier molecular flexibility index (Phi) is 9.58. The van der Waals surface area contributed by atoms with Gasteiger partial charge in [-0.3, -0.25) is 28.5 Å². The Labute approximate surface area is 290 Å². The lowest BCUT2D eigenvalue weighted by Gasteiger charge is -2.39. The minimum atomic E-state index is -5.85. The molecule has 17 heteroatoms. The lowest BCUT2D eigenvalue weighted by atomic mass is 9.91. The number of nitrogens with one attached hydrogen (secondary N) is 2. The second-order valence-electron chi connectivity index (χ2n) is 13.2. The number of benzene rings is 2. The molecule has 1 aromatic heterocycles. The zero-order chi connectivity index (χ0) is 36.8. The number of amides is 4. The van der Waals surface area contributed by atoms with Crippen LogP contribution in [0.15, 0.2) is 59.5 Å². The molecule has 3 aliphatic heterocycles. The Balaban J connectivity index is 1.25. The lowest BCUT2D eigenvalue weighted by molar-refractivity contribution is -0.148. The highest BCUT2D eigenvalue weighted by molar-refractivity contribution is 7.52. The molecule has 14 nitrogen and oxygen atoms in total. The summed E-state index contributed by atoms with van der Waals surface area (Å²) in [6, 6.07) is 9.85. The predicted molar refractivity (Wildman–Crippen MR) is 177 cm³/mol. The molecule has 6 rings (SSSR count). The first kappa shape index (κ1) is 35.8. The molecule has 4 amide bonds. The van der Waals surface area contributed by atoms with Gasteiger partial charge in [0.2, 0.25) is 23.3 Å². The number of fused-ring (bicyclic) bond motifs is 2. The quantitative estimate of drug-likeness (QED) is 0.275. The number of alkyl halides is 2. The normalized spacial score (nSPS) is 24.1. The molecule has 0 radical (unpaired) electrons. The number of aromatic amines is 1. The molecule has 3 aliphatic rings. The molecule has 0 aliphatic carbocycles. The standard InChI is InChI=1S/C34H35F2N6O8P/c1-19(43)40-11-9-26-6-7-29(33(47)41-16-24(15-37)27(17-41)21-8-10-38-30(44)14-21)42(26)32(46)28(18-40)39-31(45)22-3-2-20-4-5-25(13-23(20)12-22)34(35,36)51(48,49)50/h2-5,8,10,12-14,24,26-29H,6-7,9,11,16-18H2,1H3,(H,38,44)(H,39,45)(H2,48,49,50)/t24-,26+,27+,28-,29-/m0/s1. The second kappa shape index (κ2) is 13.6. The first-order valence-electron chi connectivity index (χ1n) is 16.3. The van der Waals surface area contributed by atoms with E-state index >= 15 is 0 Å². The highest BCUT2D eigenvalue weighted by atomic mass is 31.2. The Bertz CT molecular complexity index is 2060. The Morgan fingerprint density at radius 2 is 1.73 bits per heavy atom. The number of carbonyl (C=O) groups is 4. The number of halogens is 2. The predicted octanol–water partition coefficient (Wildman–Crippen LogP) is 2.23. The maximum atomic E-state index is 14.4. The van der Waals surface area contributed by atoms with Gasteiger partial charge < -0.3 is 34.8 Å². The summed E-state index contributed by atoms with van der Waals surface area (Å²) in [4.78, 5) is 91.8. The fourth-order valence-electron chi connectivity index (χ4n) is 7.35. The van der Waals surface area contributed by atoms with Crippen molar-refractivity contribution in [2.75, 3.05) is 26.2 Å². The number of hydrogen-bond donors (Lipinski definition) is 4. The van der Waals surface area contributed by atoms with Gasteiger partial charge in [-0.15, -0.1) is 0 Å². The molecule has 3 saturated heterocycles. The molecular weight excluding hydrogens is 689 g/mol. The molecule has 0 unspecified atom stereocenters. The van der Waals surface area contributed by atoms with Crippen molar-refractivity contribution in [2.24, 2.45) is 5.92 Å². The van der Waals surface area contributed by atoms with Crippen LogP contribution in [0, 0.1) is 17.2 Å². The molecule has 5 atom stereocenters. The third-order valence-electron chi connectivity index (χ3n) is 10.1. The van der Waals surface area contributed by atoms with Gasteiger partial charge in [0.15, 0.2) is 0 Å². The van der Waals surface area contributed by atoms with Crippen molar-refractivity contribution in [2.45, 2.75) is 55.9 Å². The molecule has 51 heavy (non-hydrogen) atoms. The Morgan fingerprint density at radius 3 is 2.41 bits per heavy atom. The van der Waals surface area contributed by atoms with Gasteiger partial charge in [-0.05, 0) is 59.9 Å². The third kappa shape index (κ3) is 6.89. The molecule has 3 aromatic rings. The fraction of sp³-hybridized carbons (Fsp3) is 0.412. The van der Waals surface area contributed by atoms with E-state index in [1.165, 1.54) is 58.2 Å². The Hall–Kier alpha value is -4.97. The van der Waals surface area contributed by atoms with Gasteiger partial charge in [0.05, 0.1) is 12.0 Å². The topological polar surface area (TPSA) is 204 Å². The fourth-order valence-corrected chi connectivity index (χ4v) is 7.83. The van der Waals surface area contributed by atoms with E-state index in [1.807, 2.05) is 0 Å². The van der Waals surface area contributed by atoms with E-state index in [0.29, 0.717) is 30.2 Å². The van der Waals surface area contributed by atoms with E-state index in [0.717, 1.165) is 12.1 Å². The van der Waals surface area contributed by atoms with Crippen LogP contribution >= 0.6 is 7.60 Å². The van der Waals surface area contributed by atoms with E-state index < -0.39 is 60.6 Å². The van der Waals surface area contributed by atoms with Crippen LogP contribution in [0.3, 0.4) is 0 Å². The summed E-state index contributed by atoms with van der Waals surface area (Å²) in [5.41, 5.74) is -5.15. The van der Waals surface area contributed by atoms with Crippen LogP contribution in [0.25, 0.3) is 10.8 Å². The summed E-state index contributed by atoms with van der Waals surface area (Å²) < 4.78 is 40.3. The number of pyridine rings is 1. The van der Waals surface area contributed by atoms with Gasteiger partial charge in [-0.2, -0.15) is 14.0 Å². The van der Waals surface area contributed by atoms with Gasteiger partial charge >= 0.3 is 13.3 Å². The maximum absolute atomic E-state index is 14.4. The third-order valence-corrected chi connectivity index (χ3v) is 11.1. The summed E-state index contributed by atoms with van der Waals surface area (Å²) in [6.07, 6.45) is 2.67. The first-order valence-corrected chi connectivity index (χ1v) is 17.9. The molecule has 268 valence electrons. The highest BCUT2D eigenvalue weighted by Crippen LogP contribution is 2.59. The van der Waals surface area contributed by atoms with E-state index in [1.54, 1.807) is 6.07 Å². The van der Waals surface area contributed by atoms with Crippen molar-refractivity contribution in [3.05, 3.63) is 81.8 Å². The van der Waals surface area contributed by atoms with E-state index in [2.05, 4.69) is 16.4 Å². The molecular formula is C34H35F2N6O8P. The lowest BCUT2D eigenvalue weighted by Crippen LogP contribution is -2.61. The van der Waals surface area contributed by atoms with Crippen molar-refractivity contribution in [1.29, 1.82) is 5.26 Å². The minimum absolute atomic E-state index is 0.0422. The zero-order valence-electron chi connectivity index (χ0n) is 27.4. The smallest absolute Gasteiger partial charge is 0.340 e. The monoisotopic (exact) mass is 724 g/mol. The number of likely N-dealkylation sites (tertiary alicyclic amines) is 1. The van der Waals surface area contributed by atoms with E-state index in [4.69, 9.17) is 0 Å². The highest BCUT2D eigenvalue weighted by Gasteiger charge is 2.51. The molecule has 0 bridgehead atoms. The summed E-state index contributed by atoms with van der Waals surface area (Å²) in [5, 5.41) is 13.0. The molecule has 4 N–H and O–H groups in total. The number of hydrogen-bond acceptors (Lipinski definition) is 7. The van der Waals surface area contributed by atoms with Crippen LogP contribution in [-0.2, 0) is 24.6 Å². The van der Waals surface area contributed by atoms with Crippen LogP contribution in [-0.4, -0.2) is 97.4 Å². The van der Waals surface area contributed by atoms with Gasteiger partial charge in [0.1, 0.15) is 12.1 Å². The van der Waals surface area contributed by atoms with Gasteiger partial charge in [-0.1, -0.05) is 18.2 Å².